The van der Waals surface area contributed by atoms with Crippen molar-refractivity contribution in [3.63, 3.8) is 0 Å². The predicted molar refractivity (Wildman–Crippen MR) is 84.6 cm³/mol. The van der Waals surface area contributed by atoms with Crippen LogP contribution in [0.3, 0.4) is 0 Å². The summed E-state index contributed by atoms with van der Waals surface area (Å²) < 4.78 is 5.11. The smallest absolute Gasteiger partial charge is 0.223 e. The molecule has 0 saturated carbocycles. The Balaban J connectivity index is 2.38. The Labute approximate surface area is 135 Å². The van der Waals surface area contributed by atoms with Gasteiger partial charge in [0.25, 0.3) is 0 Å². The summed E-state index contributed by atoms with van der Waals surface area (Å²) in [6, 6.07) is 4.98. The first-order chi connectivity index (χ1) is 10.0. The molecule has 4 nitrogen and oxygen atoms in total. The first-order valence-electron chi connectivity index (χ1n) is 7.03. The first kappa shape index (κ1) is 16.6. The maximum absolute atomic E-state index is 12.4. The number of nitrogens with two attached hydrogens (primary N) is 1. The standard InChI is InChI=1S/C15H20Cl2N2O2/c1-21-6-5-19-14(20)4-2-3-13(18)15(19)10-7-11(16)9-12(17)8-10/h7-9,13,15H,2-6,18H2,1H3. The van der Waals surface area contributed by atoms with Gasteiger partial charge in [-0.15, -0.1) is 0 Å². The Morgan fingerprint density at radius 1 is 1.33 bits per heavy atom. The van der Waals surface area contributed by atoms with Gasteiger partial charge in [0.05, 0.1) is 12.6 Å². The van der Waals surface area contributed by atoms with Gasteiger partial charge in [-0.1, -0.05) is 23.2 Å². The molecule has 1 aromatic rings. The molecular weight excluding hydrogens is 311 g/mol. The molecule has 0 aromatic heterocycles. The Morgan fingerprint density at radius 3 is 2.62 bits per heavy atom. The molecule has 116 valence electrons. The summed E-state index contributed by atoms with van der Waals surface area (Å²) in [5.41, 5.74) is 7.20. The van der Waals surface area contributed by atoms with Gasteiger partial charge in [-0.25, -0.2) is 0 Å². The molecule has 0 spiro atoms. The zero-order valence-electron chi connectivity index (χ0n) is 12.0. The second kappa shape index (κ2) is 7.45. The van der Waals surface area contributed by atoms with Crippen LogP contribution in [-0.4, -0.2) is 37.1 Å². The van der Waals surface area contributed by atoms with Crippen LogP contribution in [-0.2, 0) is 9.53 Å². The lowest BCUT2D eigenvalue weighted by Crippen LogP contribution is -2.43. The summed E-state index contributed by atoms with van der Waals surface area (Å²) in [5, 5.41) is 1.10. The highest BCUT2D eigenvalue weighted by Gasteiger charge is 2.32. The van der Waals surface area contributed by atoms with Crippen LogP contribution in [0.5, 0.6) is 0 Å². The summed E-state index contributed by atoms with van der Waals surface area (Å²) >= 11 is 12.2. The molecule has 0 aliphatic carbocycles. The Hall–Kier alpha value is -0.810. The average Bonchev–Trinajstić information content (AvgIpc) is 2.54. The van der Waals surface area contributed by atoms with Crippen LogP contribution < -0.4 is 5.73 Å². The van der Waals surface area contributed by atoms with Crippen LogP contribution in [0.15, 0.2) is 18.2 Å². The second-order valence-electron chi connectivity index (χ2n) is 5.28. The fourth-order valence-electron chi connectivity index (χ4n) is 2.80. The predicted octanol–water partition coefficient (Wildman–Crippen LogP) is 3.02. The van der Waals surface area contributed by atoms with Gasteiger partial charge < -0.3 is 15.4 Å². The van der Waals surface area contributed by atoms with Crippen LogP contribution in [0.4, 0.5) is 0 Å². The lowest BCUT2D eigenvalue weighted by molar-refractivity contribution is -0.134. The van der Waals surface area contributed by atoms with Crippen LogP contribution in [0, 0.1) is 0 Å². The Morgan fingerprint density at radius 2 is 2.00 bits per heavy atom. The van der Waals surface area contributed by atoms with E-state index in [9.17, 15) is 4.79 Å². The molecule has 1 aliphatic rings. The van der Waals surface area contributed by atoms with Crippen molar-refractivity contribution in [3.8, 4) is 0 Å². The molecule has 0 radical (unpaired) electrons. The summed E-state index contributed by atoms with van der Waals surface area (Å²) in [5.74, 6) is 0.0982. The van der Waals surface area contributed by atoms with E-state index in [1.807, 2.05) is 12.1 Å². The maximum atomic E-state index is 12.4. The van der Waals surface area contributed by atoms with Gasteiger partial charge in [0.1, 0.15) is 0 Å². The quantitative estimate of drug-likeness (QED) is 0.923. The Kier molecular flexibility index (Phi) is 5.88. The number of methoxy groups -OCH3 is 1. The molecule has 21 heavy (non-hydrogen) atoms. The molecule has 1 aliphatic heterocycles. The highest BCUT2D eigenvalue weighted by molar-refractivity contribution is 6.34. The van der Waals surface area contributed by atoms with Crippen molar-refractivity contribution in [1.82, 2.24) is 4.90 Å². The van der Waals surface area contributed by atoms with Crippen molar-refractivity contribution in [2.45, 2.75) is 31.3 Å². The van der Waals surface area contributed by atoms with E-state index in [0.717, 1.165) is 18.4 Å². The van der Waals surface area contributed by atoms with Gasteiger partial charge >= 0.3 is 0 Å². The number of likely N-dealkylation sites (tertiary alicyclic amines) is 1. The molecule has 2 N–H and O–H groups in total. The Bertz CT molecular complexity index is 490. The number of amides is 1. The molecule has 6 heteroatoms. The normalized spacial score (nSPS) is 23.2. The molecule has 1 fully saturated rings. The molecular formula is C15H20Cl2N2O2. The van der Waals surface area contributed by atoms with E-state index in [0.29, 0.717) is 29.6 Å². The molecule has 0 bridgehead atoms. The second-order valence-corrected chi connectivity index (χ2v) is 6.16. The number of halogens is 2. The summed E-state index contributed by atoms with van der Waals surface area (Å²) in [4.78, 5) is 14.2. The van der Waals surface area contributed by atoms with E-state index in [1.165, 1.54) is 0 Å². The minimum Gasteiger partial charge on any atom is -0.383 e. The van der Waals surface area contributed by atoms with Gasteiger partial charge in [-0.3, -0.25) is 4.79 Å². The van der Waals surface area contributed by atoms with E-state index in [-0.39, 0.29) is 18.0 Å². The first-order valence-corrected chi connectivity index (χ1v) is 7.78. The average molecular weight is 331 g/mol. The van der Waals surface area contributed by atoms with Gasteiger partial charge in [0.2, 0.25) is 5.91 Å². The number of benzene rings is 1. The van der Waals surface area contributed by atoms with Gasteiger partial charge in [-0.05, 0) is 36.6 Å². The number of carbonyl (C=O) groups is 1. The van der Waals surface area contributed by atoms with Crippen LogP contribution >= 0.6 is 23.2 Å². The van der Waals surface area contributed by atoms with Crippen molar-refractivity contribution in [2.75, 3.05) is 20.3 Å². The summed E-state index contributed by atoms with van der Waals surface area (Å²) in [6.45, 7) is 0.987. The third kappa shape index (κ3) is 4.10. The number of hydrogen-bond donors (Lipinski definition) is 1. The molecule has 2 unspecified atom stereocenters. The summed E-state index contributed by atoms with van der Waals surface area (Å²) in [7, 11) is 1.62. The van der Waals surface area contributed by atoms with Crippen LogP contribution in [0.1, 0.15) is 30.9 Å². The minimum absolute atomic E-state index is 0.0982. The van der Waals surface area contributed by atoms with Crippen molar-refractivity contribution in [3.05, 3.63) is 33.8 Å². The van der Waals surface area contributed by atoms with Crippen molar-refractivity contribution in [2.24, 2.45) is 5.73 Å². The summed E-state index contributed by atoms with van der Waals surface area (Å²) in [6.07, 6.45) is 2.11. The molecule has 2 atom stereocenters. The topological polar surface area (TPSA) is 55.6 Å². The zero-order chi connectivity index (χ0) is 15.4. The van der Waals surface area contributed by atoms with Crippen LogP contribution in [0.2, 0.25) is 10.0 Å². The fourth-order valence-corrected chi connectivity index (χ4v) is 3.35. The molecule has 1 heterocycles. The van der Waals surface area contributed by atoms with Crippen LogP contribution in [0.25, 0.3) is 0 Å². The van der Waals surface area contributed by atoms with E-state index in [2.05, 4.69) is 0 Å². The molecule has 1 amide bonds. The van der Waals surface area contributed by atoms with Crippen molar-refractivity contribution < 1.29 is 9.53 Å². The highest BCUT2D eigenvalue weighted by atomic mass is 35.5. The van der Waals surface area contributed by atoms with E-state index < -0.39 is 0 Å². The number of nitrogens with zero attached hydrogens (tertiary/aromatic N) is 1. The number of carbonyl (C=O) groups excluding carboxylic acids is 1. The fraction of sp³-hybridized carbons (Fsp3) is 0.533. The third-order valence-corrected chi connectivity index (χ3v) is 4.19. The third-order valence-electron chi connectivity index (χ3n) is 3.75. The number of rotatable bonds is 4. The maximum Gasteiger partial charge on any atom is 0.223 e. The van der Waals surface area contributed by atoms with Gasteiger partial charge in [0, 0.05) is 36.2 Å². The lowest BCUT2D eigenvalue weighted by atomic mass is 9.96. The van der Waals surface area contributed by atoms with E-state index in [4.69, 9.17) is 33.7 Å². The largest absolute Gasteiger partial charge is 0.383 e. The number of ether oxygens (including phenoxy) is 1. The van der Waals surface area contributed by atoms with Gasteiger partial charge in [0.15, 0.2) is 0 Å². The van der Waals surface area contributed by atoms with Gasteiger partial charge in [-0.2, -0.15) is 0 Å². The SMILES string of the molecule is COCCN1C(=O)CCCC(N)C1c1cc(Cl)cc(Cl)c1. The zero-order valence-corrected chi connectivity index (χ0v) is 13.5. The monoisotopic (exact) mass is 330 g/mol. The highest BCUT2D eigenvalue weighted by Crippen LogP contribution is 2.33. The molecule has 2 rings (SSSR count). The number of hydrogen-bond acceptors (Lipinski definition) is 3. The van der Waals surface area contributed by atoms with E-state index >= 15 is 0 Å². The minimum atomic E-state index is -0.216. The molecule has 1 saturated heterocycles. The van der Waals surface area contributed by atoms with E-state index in [1.54, 1.807) is 18.1 Å². The molecule has 1 aromatic carbocycles. The van der Waals surface area contributed by atoms with Crippen molar-refractivity contribution in [1.29, 1.82) is 0 Å². The lowest BCUT2D eigenvalue weighted by Gasteiger charge is -2.34. The van der Waals surface area contributed by atoms with Crippen molar-refractivity contribution >= 4 is 29.1 Å².